The predicted octanol–water partition coefficient (Wildman–Crippen LogP) is 4.40. The number of carbonyl (C=O) groups excluding carboxylic acids is 1. The Morgan fingerprint density at radius 1 is 1.07 bits per heavy atom. The van der Waals surface area contributed by atoms with Crippen molar-refractivity contribution in [2.45, 2.75) is 55.6 Å². The summed E-state index contributed by atoms with van der Waals surface area (Å²) in [6.45, 7) is 2.76. The molecule has 0 heterocycles. The molecule has 0 radical (unpaired) electrons. The number of rotatable bonds is 9. The van der Waals surface area contributed by atoms with Crippen LogP contribution in [0.4, 0.5) is 0 Å². The molecular weight excluding hydrogens is 324 g/mol. The fraction of sp³-hybridized carbons (Fsp3) is 0.909. The van der Waals surface area contributed by atoms with Gasteiger partial charge >= 0.3 is 5.97 Å². The van der Waals surface area contributed by atoms with E-state index in [4.69, 9.17) is 4.74 Å². The highest BCUT2D eigenvalue weighted by Crippen LogP contribution is 2.11. The second-order valence-corrected chi connectivity index (χ2v) is 6.65. The van der Waals surface area contributed by atoms with Gasteiger partial charge in [-0.25, -0.2) is 4.79 Å². The Morgan fingerprint density at radius 3 is 2.13 bits per heavy atom. The third-order valence-corrected chi connectivity index (χ3v) is 2.92. The number of esters is 1. The van der Waals surface area contributed by atoms with Gasteiger partial charge in [0.25, 0.3) is 0 Å². The lowest BCUT2D eigenvalue weighted by molar-refractivity contribution is -0.141. The van der Waals surface area contributed by atoms with E-state index in [1.165, 1.54) is 32.1 Å². The van der Waals surface area contributed by atoms with Crippen LogP contribution in [-0.2, 0) is 9.53 Å². The van der Waals surface area contributed by atoms with E-state index < -0.39 is 0 Å². The molecule has 0 fully saturated rings. The molecule has 0 atom stereocenters. The van der Waals surface area contributed by atoms with E-state index >= 15 is 0 Å². The van der Waals surface area contributed by atoms with Crippen molar-refractivity contribution < 1.29 is 9.53 Å². The second kappa shape index (κ2) is 10.9. The summed E-state index contributed by atoms with van der Waals surface area (Å²) in [6.07, 6.45) is 8.65. The van der Waals surface area contributed by atoms with Crippen LogP contribution in [0, 0.1) is 0 Å². The normalized spacial score (nSPS) is 10.7. The van der Waals surface area contributed by atoms with Gasteiger partial charge in [-0.1, -0.05) is 77.3 Å². The minimum absolute atomic E-state index is 0.235. The van der Waals surface area contributed by atoms with Crippen LogP contribution >= 0.6 is 31.9 Å². The van der Waals surface area contributed by atoms with Crippen molar-refractivity contribution in [2.75, 3.05) is 6.61 Å². The number of hydrogen-bond acceptors (Lipinski definition) is 2. The number of hydrogen-bond donors (Lipinski definition) is 0. The van der Waals surface area contributed by atoms with Gasteiger partial charge in [0.2, 0.25) is 0 Å². The van der Waals surface area contributed by atoms with Gasteiger partial charge in [0.05, 0.1) is 6.61 Å². The van der Waals surface area contributed by atoms with Crippen LogP contribution in [0.2, 0.25) is 0 Å². The smallest absolute Gasteiger partial charge is 0.330 e. The molecule has 0 saturated heterocycles. The van der Waals surface area contributed by atoms with Gasteiger partial charge < -0.3 is 4.74 Å². The molecule has 0 bridgehead atoms. The molecule has 0 amide bonds. The molecule has 0 aliphatic heterocycles. The Kier molecular flexibility index (Phi) is 11.2. The van der Waals surface area contributed by atoms with Crippen LogP contribution < -0.4 is 0 Å². The van der Waals surface area contributed by atoms with Gasteiger partial charge in [-0.05, 0) is 6.42 Å². The van der Waals surface area contributed by atoms with Crippen LogP contribution in [-0.4, -0.2) is 16.3 Å². The maximum absolute atomic E-state index is 11.0. The molecular formula is C11H20Br2O2. The van der Waals surface area contributed by atoms with E-state index in [0.29, 0.717) is 6.61 Å². The standard InChI is InChI=1S/C11H20Br2O2/c1-2-3-4-5-6-7-8-9-15-11(14)10(12)13/h10H,2-9H2,1H3. The third kappa shape index (κ3) is 10.7. The van der Waals surface area contributed by atoms with E-state index in [-0.39, 0.29) is 9.71 Å². The van der Waals surface area contributed by atoms with Gasteiger partial charge in [-0.3, -0.25) is 0 Å². The molecule has 0 unspecified atom stereocenters. The predicted molar refractivity (Wildman–Crippen MR) is 70.6 cm³/mol. The summed E-state index contributed by atoms with van der Waals surface area (Å²) in [5.41, 5.74) is 0. The summed E-state index contributed by atoms with van der Waals surface area (Å²) in [7, 11) is 0. The minimum atomic E-state index is -0.366. The fourth-order valence-corrected chi connectivity index (χ4v) is 1.56. The molecule has 0 N–H and O–H groups in total. The molecule has 15 heavy (non-hydrogen) atoms. The van der Waals surface area contributed by atoms with Crippen molar-refractivity contribution in [2.24, 2.45) is 0 Å². The third-order valence-electron chi connectivity index (χ3n) is 2.17. The minimum Gasteiger partial charge on any atom is -0.464 e. The molecule has 90 valence electrons. The quantitative estimate of drug-likeness (QED) is 0.352. The van der Waals surface area contributed by atoms with Crippen LogP contribution in [0.5, 0.6) is 0 Å². The second-order valence-electron chi connectivity index (χ2n) is 3.59. The zero-order valence-electron chi connectivity index (χ0n) is 9.31. The lowest BCUT2D eigenvalue weighted by atomic mass is 10.1. The number of ether oxygens (including phenoxy) is 1. The van der Waals surface area contributed by atoms with Gasteiger partial charge in [0.15, 0.2) is 3.74 Å². The fourth-order valence-electron chi connectivity index (χ4n) is 1.29. The summed E-state index contributed by atoms with van der Waals surface area (Å²) in [4.78, 5) is 11.0. The molecule has 4 heteroatoms. The average molecular weight is 344 g/mol. The van der Waals surface area contributed by atoms with Crippen molar-refractivity contribution >= 4 is 37.8 Å². The molecule has 0 aromatic carbocycles. The van der Waals surface area contributed by atoms with Crippen molar-refractivity contribution in [1.82, 2.24) is 0 Å². The monoisotopic (exact) mass is 342 g/mol. The van der Waals surface area contributed by atoms with E-state index in [9.17, 15) is 4.79 Å². The highest BCUT2D eigenvalue weighted by Gasteiger charge is 2.10. The van der Waals surface area contributed by atoms with Gasteiger partial charge in [-0.15, -0.1) is 0 Å². The van der Waals surface area contributed by atoms with E-state index in [0.717, 1.165) is 12.8 Å². The molecule has 2 nitrogen and oxygen atoms in total. The topological polar surface area (TPSA) is 26.3 Å². The maximum Gasteiger partial charge on any atom is 0.330 e. The highest BCUT2D eigenvalue weighted by atomic mass is 79.9. The zero-order valence-corrected chi connectivity index (χ0v) is 12.5. The molecule has 0 saturated carbocycles. The summed E-state index contributed by atoms with van der Waals surface area (Å²) in [5.74, 6) is -0.235. The lowest BCUT2D eigenvalue weighted by Crippen LogP contribution is -2.12. The summed E-state index contributed by atoms with van der Waals surface area (Å²) < 4.78 is 4.63. The average Bonchev–Trinajstić information content (AvgIpc) is 2.21. The van der Waals surface area contributed by atoms with E-state index in [1.807, 2.05) is 0 Å². The van der Waals surface area contributed by atoms with Gasteiger partial charge in [0, 0.05) is 0 Å². The first-order chi connectivity index (χ1) is 7.18. The number of carbonyl (C=O) groups is 1. The number of alkyl halides is 2. The van der Waals surface area contributed by atoms with Crippen LogP contribution in [0.1, 0.15) is 51.9 Å². The maximum atomic E-state index is 11.0. The van der Waals surface area contributed by atoms with Crippen molar-refractivity contribution in [3.63, 3.8) is 0 Å². The highest BCUT2D eigenvalue weighted by molar-refractivity contribution is 9.25. The van der Waals surface area contributed by atoms with Crippen LogP contribution in [0.15, 0.2) is 0 Å². The molecule has 0 aromatic rings. The molecule has 0 rings (SSSR count). The largest absolute Gasteiger partial charge is 0.464 e. The SMILES string of the molecule is CCCCCCCCCOC(=O)C(Br)Br. The Hall–Kier alpha value is 0.430. The van der Waals surface area contributed by atoms with Gasteiger partial charge in [-0.2, -0.15) is 0 Å². The molecule has 0 aliphatic carbocycles. The van der Waals surface area contributed by atoms with Crippen molar-refractivity contribution in [3.05, 3.63) is 0 Å². The Labute approximate surface area is 109 Å². The van der Waals surface area contributed by atoms with Crippen LogP contribution in [0.25, 0.3) is 0 Å². The first kappa shape index (κ1) is 15.4. The number of halogens is 2. The van der Waals surface area contributed by atoms with Gasteiger partial charge in [0.1, 0.15) is 0 Å². The summed E-state index contributed by atoms with van der Waals surface area (Å²) in [6, 6.07) is 0. The zero-order chi connectivity index (χ0) is 11.5. The first-order valence-electron chi connectivity index (χ1n) is 5.63. The Morgan fingerprint density at radius 2 is 1.60 bits per heavy atom. The summed E-state index contributed by atoms with van der Waals surface area (Å²) >= 11 is 6.19. The molecule has 0 spiro atoms. The van der Waals surface area contributed by atoms with E-state index in [1.54, 1.807) is 0 Å². The first-order valence-corrected chi connectivity index (χ1v) is 7.46. The van der Waals surface area contributed by atoms with E-state index in [2.05, 4.69) is 38.8 Å². The number of unbranched alkanes of at least 4 members (excludes halogenated alkanes) is 6. The lowest BCUT2D eigenvalue weighted by Gasteiger charge is -2.05. The Bertz CT molecular complexity index is 161. The van der Waals surface area contributed by atoms with Crippen LogP contribution in [0.3, 0.4) is 0 Å². The molecule has 0 aliphatic rings. The van der Waals surface area contributed by atoms with Crippen molar-refractivity contribution in [1.29, 1.82) is 0 Å². The Balaban J connectivity index is 3.08. The summed E-state index contributed by atoms with van der Waals surface area (Å²) in [5, 5.41) is 0. The van der Waals surface area contributed by atoms with Crippen molar-refractivity contribution in [3.8, 4) is 0 Å². The molecule has 0 aromatic heterocycles.